The number of rotatable bonds is 3. The molecule has 0 aromatic heterocycles. The lowest BCUT2D eigenvalue weighted by Gasteiger charge is -2.11. The lowest BCUT2D eigenvalue weighted by atomic mass is 10.6. The van der Waals surface area contributed by atoms with E-state index in [0.717, 1.165) is 6.54 Å². The Morgan fingerprint density at radius 1 is 1.78 bits per heavy atom. The van der Waals surface area contributed by atoms with Crippen LogP contribution < -0.4 is 0 Å². The van der Waals surface area contributed by atoms with Gasteiger partial charge in [0.1, 0.15) is 0 Å². The first-order chi connectivity index (χ1) is 4.22. The van der Waals surface area contributed by atoms with E-state index in [4.69, 9.17) is 6.42 Å². The van der Waals surface area contributed by atoms with Crippen LogP contribution in [0.1, 0.15) is 6.92 Å². The highest BCUT2D eigenvalue weighted by Crippen LogP contribution is 1.88. The van der Waals surface area contributed by atoms with Gasteiger partial charge in [0.25, 0.3) is 0 Å². The van der Waals surface area contributed by atoms with Crippen molar-refractivity contribution >= 4 is 11.0 Å². The van der Waals surface area contributed by atoms with Gasteiger partial charge in [-0.25, -0.2) is 8.51 Å². The number of hydrogen-bond donors (Lipinski definition) is 0. The minimum Gasteiger partial charge on any atom is -0.243 e. The lowest BCUT2D eigenvalue weighted by molar-refractivity contribution is 0.520. The van der Waals surface area contributed by atoms with Gasteiger partial charge in [-0.3, -0.25) is 0 Å². The summed E-state index contributed by atoms with van der Waals surface area (Å²) in [6.07, 6.45) is 6.64. The molecule has 0 aromatic carbocycles. The van der Waals surface area contributed by atoms with Gasteiger partial charge in [-0.1, -0.05) is 12.8 Å². The summed E-state index contributed by atoms with van der Waals surface area (Å²) in [7, 11) is -0.912. The maximum absolute atomic E-state index is 10.7. The average molecular weight is 145 g/mol. The molecule has 0 rings (SSSR count). The van der Waals surface area contributed by atoms with E-state index >= 15 is 0 Å². The molecule has 0 aromatic rings. The summed E-state index contributed by atoms with van der Waals surface area (Å²) in [6.45, 7) is 3.14. The van der Waals surface area contributed by atoms with Crippen LogP contribution in [-0.2, 0) is 11.0 Å². The Labute approximate surface area is 58.8 Å². The van der Waals surface area contributed by atoms with Gasteiger partial charge in [0.15, 0.2) is 0 Å². The van der Waals surface area contributed by atoms with Crippen molar-refractivity contribution in [2.45, 2.75) is 6.92 Å². The molecule has 0 bridgehead atoms. The second-order valence-electron chi connectivity index (χ2n) is 1.58. The summed E-state index contributed by atoms with van der Waals surface area (Å²) in [4.78, 5) is 0. The van der Waals surface area contributed by atoms with Crippen LogP contribution >= 0.6 is 0 Å². The zero-order valence-corrected chi connectivity index (χ0v) is 6.57. The summed E-state index contributed by atoms with van der Waals surface area (Å²) < 4.78 is 12.4. The Hall–Kier alpha value is -0.330. The van der Waals surface area contributed by atoms with Gasteiger partial charge < -0.3 is 0 Å². The van der Waals surface area contributed by atoms with Gasteiger partial charge in [0.05, 0.1) is 17.5 Å². The molecule has 0 radical (unpaired) electrons. The molecule has 1 atom stereocenters. The van der Waals surface area contributed by atoms with Gasteiger partial charge in [-0.15, -0.1) is 6.42 Å². The fourth-order valence-corrected chi connectivity index (χ4v) is 1.11. The number of terminal acetylenes is 1. The summed E-state index contributed by atoms with van der Waals surface area (Å²) >= 11 is 0. The van der Waals surface area contributed by atoms with E-state index in [9.17, 15) is 4.21 Å². The van der Waals surface area contributed by atoms with Crippen molar-refractivity contribution in [2.24, 2.45) is 0 Å². The quantitative estimate of drug-likeness (QED) is 0.521. The minimum atomic E-state index is -0.912. The van der Waals surface area contributed by atoms with Gasteiger partial charge in [0.2, 0.25) is 0 Å². The van der Waals surface area contributed by atoms with Gasteiger partial charge in [-0.2, -0.15) is 0 Å². The molecule has 2 nitrogen and oxygen atoms in total. The molecular formula is C6H11NOS. The molecule has 0 saturated carbocycles. The van der Waals surface area contributed by atoms with Crippen LogP contribution in [0.4, 0.5) is 0 Å². The first-order valence-electron chi connectivity index (χ1n) is 2.74. The highest BCUT2D eigenvalue weighted by molar-refractivity contribution is 7.81. The van der Waals surface area contributed by atoms with Gasteiger partial charge in [0, 0.05) is 12.8 Å². The Morgan fingerprint density at radius 2 is 2.33 bits per heavy atom. The maximum Gasteiger partial charge on any atom is 0.0919 e. The smallest absolute Gasteiger partial charge is 0.0919 e. The predicted molar refractivity (Wildman–Crippen MR) is 40.1 cm³/mol. The van der Waals surface area contributed by atoms with Crippen LogP contribution in [-0.4, -0.2) is 27.9 Å². The standard InChI is InChI=1S/C6H11NOS/c1-4-6-7(5-2)9(3)8/h1H,5-6H2,2-3H3. The molecule has 9 heavy (non-hydrogen) atoms. The second-order valence-corrected chi connectivity index (χ2v) is 2.95. The first kappa shape index (κ1) is 8.67. The lowest BCUT2D eigenvalue weighted by Crippen LogP contribution is -2.24. The molecule has 0 N–H and O–H groups in total. The van der Waals surface area contributed by atoms with Crippen LogP contribution in [0.15, 0.2) is 0 Å². The SMILES string of the molecule is C#CCN(CC)S(C)=O. The number of nitrogens with zero attached hydrogens (tertiary/aromatic N) is 1. The molecule has 0 aliphatic rings. The second kappa shape index (κ2) is 4.54. The largest absolute Gasteiger partial charge is 0.243 e. The maximum atomic E-state index is 10.7. The van der Waals surface area contributed by atoms with Crippen molar-refractivity contribution in [1.82, 2.24) is 4.31 Å². The van der Waals surface area contributed by atoms with E-state index in [1.807, 2.05) is 6.92 Å². The molecule has 0 aliphatic carbocycles. The van der Waals surface area contributed by atoms with E-state index in [0.29, 0.717) is 6.54 Å². The van der Waals surface area contributed by atoms with Gasteiger partial charge >= 0.3 is 0 Å². The fraction of sp³-hybridized carbons (Fsp3) is 0.667. The zero-order chi connectivity index (χ0) is 7.28. The van der Waals surface area contributed by atoms with E-state index in [-0.39, 0.29) is 0 Å². The zero-order valence-electron chi connectivity index (χ0n) is 5.76. The summed E-state index contributed by atoms with van der Waals surface area (Å²) in [6, 6.07) is 0. The Morgan fingerprint density at radius 3 is 2.44 bits per heavy atom. The summed E-state index contributed by atoms with van der Waals surface area (Å²) in [5, 5.41) is 0. The molecule has 0 amide bonds. The van der Waals surface area contributed by atoms with Crippen molar-refractivity contribution < 1.29 is 4.21 Å². The molecular weight excluding hydrogens is 134 g/mol. The van der Waals surface area contributed by atoms with Crippen molar-refractivity contribution in [3.8, 4) is 12.3 Å². The first-order valence-corrected chi connectivity index (χ1v) is 4.25. The average Bonchev–Trinajstić information content (AvgIpc) is 1.82. The topological polar surface area (TPSA) is 20.3 Å². The van der Waals surface area contributed by atoms with Gasteiger partial charge in [-0.05, 0) is 0 Å². The van der Waals surface area contributed by atoms with Crippen molar-refractivity contribution in [1.29, 1.82) is 0 Å². The van der Waals surface area contributed by atoms with E-state index in [1.54, 1.807) is 10.6 Å². The van der Waals surface area contributed by atoms with Crippen LogP contribution in [0.25, 0.3) is 0 Å². The Kier molecular flexibility index (Phi) is 4.37. The van der Waals surface area contributed by atoms with Crippen molar-refractivity contribution in [2.75, 3.05) is 19.3 Å². The molecule has 0 fully saturated rings. The highest BCUT2D eigenvalue weighted by Gasteiger charge is 2.01. The van der Waals surface area contributed by atoms with Crippen LogP contribution in [0.2, 0.25) is 0 Å². The normalized spacial score (nSPS) is 13.1. The molecule has 0 heterocycles. The third-order valence-electron chi connectivity index (χ3n) is 0.984. The highest BCUT2D eigenvalue weighted by atomic mass is 32.2. The van der Waals surface area contributed by atoms with Crippen LogP contribution in [0.3, 0.4) is 0 Å². The van der Waals surface area contributed by atoms with Crippen LogP contribution in [0, 0.1) is 12.3 Å². The van der Waals surface area contributed by atoms with E-state index < -0.39 is 11.0 Å². The van der Waals surface area contributed by atoms with E-state index in [1.165, 1.54) is 0 Å². The number of hydrogen-bond acceptors (Lipinski definition) is 1. The third-order valence-corrected chi connectivity index (χ3v) is 2.10. The Bertz CT molecular complexity index is 138. The third kappa shape index (κ3) is 3.28. The molecule has 3 heteroatoms. The van der Waals surface area contributed by atoms with Crippen molar-refractivity contribution in [3.63, 3.8) is 0 Å². The minimum absolute atomic E-state index is 0.472. The molecule has 1 unspecified atom stereocenters. The predicted octanol–water partition coefficient (Wildman–Crippen LogP) is 0.235. The Balaban J connectivity index is 3.71. The molecule has 0 saturated heterocycles. The molecule has 0 spiro atoms. The van der Waals surface area contributed by atoms with Crippen molar-refractivity contribution in [3.05, 3.63) is 0 Å². The summed E-state index contributed by atoms with van der Waals surface area (Å²) in [5.41, 5.74) is 0. The summed E-state index contributed by atoms with van der Waals surface area (Å²) in [5.74, 6) is 2.43. The van der Waals surface area contributed by atoms with Crippen LogP contribution in [0.5, 0.6) is 0 Å². The van der Waals surface area contributed by atoms with E-state index in [2.05, 4.69) is 5.92 Å². The molecule has 0 aliphatic heterocycles. The monoisotopic (exact) mass is 145 g/mol. The fourth-order valence-electron chi connectivity index (χ4n) is 0.486. The molecule has 52 valence electrons.